The van der Waals surface area contributed by atoms with E-state index in [1.165, 1.54) is 0 Å². The molecular formula is C6H6OTi. The van der Waals surface area contributed by atoms with Gasteiger partial charge in [-0.3, -0.25) is 0 Å². The van der Waals surface area contributed by atoms with Crippen molar-refractivity contribution in [3.63, 3.8) is 0 Å². The smallest absolute Gasteiger partial charge is 0.0623 e. The van der Waals surface area contributed by atoms with Crippen molar-refractivity contribution >= 4 is 0 Å². The molecule has 0 N–H and O–H groups in total. The van der Waals surface area contributed by atoms with E-state index in [1.54, 1.807) is 0 Å². The minimum atomic E-state index is 0.750. The Morgan fingerprint density at radius 3 is 0.875 bits per heavy atom. The zero-order chi connectivity index (χ0) is 6.24. The van der Waals surface area contributed by atoms with Crippen molar-refractivity contribution in [2.75, 3.05) is 0 Å². The minimum absolute atomic E-state index is 0.750. The van der Waals surface area contributed by atoms with Crippen LogP contribution in [0.25, 0.3) is 0 Å². The van der Waals surface area contributed by atoms with Gasteiger partial charge in [0.25, 0.3) is 0 Å². The molecule has 0 aliphatic carbocycles. The Labute approximate surface area is 60.5 Å². The van der Waals surface area contributed by atoms with Crippen LogP contribution >= 0.6 is 0 Å². The Morgan fingerprint density at radius 2 is 0.750 bits per heavy atom. The fourth-order valence-corrected chi connectivity index (χ4v) is 0.385. The molecule has 0 unspecified atom stereocenters. The Kier molecular flexibility index (Phi) is 6.51. The van der Waals surface area contributed by atoms with Crippen LogP contribution < -0.4 is 0 Å². The number of rotatable bonds is 0. The van der Waals surface area contributed by atoms with Crippen molar-refractivity contribution in [1.29, 1.82) is 0 Å². The second kappa shape index (κ2) is 6.73. The maximum Gasteiger partial charge on any atom is -0.0623 e. The number of hydrogen-bond donors (Lipinski definition) is 0. The first-order valence-corrected chi connectivity index (χ1v) is 2.84. The molecule has 0 radical (unpaired) electrons. The van der Waals surface area contributed by atoms with E-state index in [0.29, 0.717) is 0 Å². The minimum Gasteiger partial charge on any atom is -0.0623 e. The van der Waals surface area contributed by atoms with Gasteiger partial charge in [0.1, 0.15) is 0 Å². The summed E-state index contributed by atoms with van der Waals surface area (Å²) in [6, 6.07) is 12.0. The second-order valence-electron chi connectivity index (χ2n) is 1.15. The van der Waals surface area contributed by atoms with Crippen molar-refractivity contribution in [3.8, 4) is 0 Å². The van der Waals surface area contributed by atoms with Gasteiger partial charge in [0.05, 0.1) is 0 Å². The maximum atomic E-state index is 8.25. The molecule has 0 aliphatic heterocycles. The average Bonchev–Trinajstić information content (AvgIpc) is 1.96. The summed E-state index contributed by atoms with van der Waals surface area (Å²) in [7, 11) is 0. The largest absolute Gasteiger partial charge is 0.0623 e. The zero-order valence-corrected chi connectivity index (χ0v) is 5.93. The zero-order valence-electron chi connectivity index (χ0n) is 4.37. The van der Waals surface area contributed by atoms with Gasteiger partial charge in [-0.05, 0) is 0 Å². The summed E-state index contributed by atoms with van der Waals surface area (Å²) >= 11 is 0.750. The summed E-state index contributed by atoms with van der Waals surface area (Å²) in [5.74, 6) is 0. The molecule has 1 rings (SSSR count). The van der Waals surface area contributed by atoms with Gasteiger partial charge in [0, 0.05) is 0 Å². The van der Waals surface area contributed by atoms with Crippen LogP contribution in [-0.2, 0) is 23.7 Å². The third-order valence-corrected chi connectivity index (χ3v) is 0.667. The molecule has 0 spiro atoms. The van der Waals surface area contributed by atoms with E-state index >= 15 is 0 Å². The van der Waals surface area contributed by atoms with Crippen molar-refractivity contribution in [2.24, 2.45) is 0 Å². The van der Waals surface area contributed by atoms with E-state index in [2.05, 4.69) is 0 Å². The topological polar surface area (TPSA) is 17.1 Å². The van der Waals surface area contributed by atoms with Crippen LogP contribution in [0, 0.1) is 0 Å². The molecule has 8 heavy (non-hydrogen) atoms. The quantitative estimate of drug-likeness (QED) is 0.502. The van der Waals surface area contributed by atoms with Gasteiger partial charge in [0.2, 0.25) is 0 Å². The maximum absolute atomic E-state index is 8.25. The third-order valence-electron chi connectivity index (χ3n) is 0.667. The van der Waals surface area contributed by atoms with Gasteiger partial charge in [0.15, 0.2) is 0 Å². The van der Waals surface area contributed by atoms with Crippen molar-refractivity contribution in [2.45, 2.75) is 0 Å². The van der Waals surface area contributed by atoms with Gasteiger partial charge in [-0.2, -0.15) is 0 Å². The van der Waals surface area contributed by atoms with Gasteiger partial charge in [-0.25, -0.2) is 0 Å². The fraction of sp³-hybridized carbons (Fsp3) is 0. The number of benzene rings is 1. The van der Waals surface area contributed by atoms with E-state index in [1.807, 2.05) is 36.4 Å². The Morgan fingerprint density at radius 1 is 0.625 bits per heavy atom. The fourth-order valence-electron chi connectivity index (χ4n) is 0.385. The first-order valence-electron chi connectivity index (χ1n) is 2.20. The van der Waals surface area contributed by atoms with Gasteiger partial charge in [-0.1, -0.05) is 36.4 Å². The van der Waals surface area contributed by atoms with Crippen molar-refractivity contribution in [3.05, 3.63) is 36.4 Å². The predicted molar refractivity (Wildman–Crippen MR) is 27.1 cm³/mol. The van der Waals surface area contributed by atoms with E-state index in [9.17, 15) is 0 Å². The summed E-state index contributed by atoms with van der Waals surface area (Å²) in [4.78, 5) is 0. The van der Waals surface area contributed by atoms with E-state index in [4.69, 9.17) is 3.32 Å². The van der Waals surface area contributed by atoms with E-state index in [0.717, 1.165) is 20.4 Å². The van der Waals surface area contributed by atoms with Crippen LogP contribution in [-0.4, -0.2) is 0 Å². The van der Waals surface area contributed by atoms with Crippen LogP contribution in [0.1, 0.15) is 0 Å². The van der Waals surface area contributed by atoms with Crippen molar-refractivity contribution in [1.82, 2.24) is 0 Å². The van der Waals surface area contributed by atoms with Gasteiger partial charge < -0.3 is 0 Å². The second-order valence-corrected chi connectivity index (χ2v) is 1.15. The molecule has 0 saturated heterocycles. The summed E-state index contributed by atoms with van der Waals surface area (Å²) in [5, 5.41) is 0. The monoisotopic (exact) mass is 142 g/mol. The Bertz CT molecular complexity index is 91.4. The molecule has 0 amide bonds. The summed E-state index contributed by atoms with van der Waals surface area (Å²) < 4.78 is 8.25. The predicted octanol–water partition coefficient (Wildman–Crippen LogP) is 1.57. The third kappa shape index (κ3) is 3.91. The molecule has 0 heterocycles. The van der Waals surface area contributed by atoms with Crippen LogP contribution in [0.2, 0.25) is 0 Å². The molecule has 40 valence electrons. The average molecular weight is 142 g/mol. The van der Waals surface area contributed by atoms with E-state index in [-0.39, 0.29) is 0 Å². The first kappa shape index (κ1) is 7.73. The standard InChI is InChI=1S/C6H6.O.Ti/c1-2-4-6-5-3-1;;/h1-6H;;. The molecule has 0 aromatic heterocycles. The molecule has 0 saturated carbocycles. The Balaban J connectivity index is 0.000000222. The molecule has 0 bridgehead atoms. The normalized spacial score (nSPS) is 6.38. The molecule has 0 atom stereocenters. The van der Waals surface area contributed by atoms with Crippen LogP contribution in [0.5, 0.6) is 0 Å². The van der Waals surface area contributed by atoms with Gasteiger partial charge >= 0.3 is 23.7 Å². The molecule has 2 heteroatoms. The van der Waals surface area contributed by atoms with Gasteiger partial charge in [-0.15, -0.1) is 0 Å². The van der Waals surface area contributed by atoms with Crippen LogP contribution in [0.4, 0.5) is 0 Å². The number of hydrogen-bond acceptors (Lipinski definition) is 1. The summed E-state index contributed by atoms with van der Waals surface area (Å²) in [5.41, 5.74) is 0. The molecule has 1 nitrogen and oxygen atoms in total. The molecule has 0 fully saturated rings. The summed E-state index contributed by atoms with van der Waals surface area (Å²) in [6.07, 6.45) is 0. The SMILES string of the molecule is [O]=[Ti].c1ccccc1. The van der Waals surface area contributed by atoms with Crippen LogP contribution in [0.15, 0.2) is 36.4 Å². The van der Waals surface area contributed by atoms with Crippen LogP contribution in [0.3, 0.4) is 0 Å². The molecule has 0 aliphatic rings. The molecule has 1 aromatic rings. The molecule has 1 aromatic carbocycles. The first-order chi connectivity index (χ1) is 4.00. The summed E-state index contributed by atoms with van der Waals surface area (Å²) in [6.45, 7) is 0. The Hall–Kier alpha value is -0.266. The van der Waals surface area contributed by atoms with Crippen molar-refractivity contribution < 1.29 is 23.7 Å². The van der Waals surface area contributed by atoms with E-state index < -0.39 is 0 Å². The molecular weight excluding hydrogens is 136 g/mol.